The SMILES string of the molecule is CCc1ccc(S(=O)(=O)NCC(=O)Nc2cc(C)cc(C)c2)s1. The van der Waals surface area contributed by atoms with Crippen LogP contribution in [0, 0.1) is 13.8 Å². The Balaban J connectivity index is 1.98. The van der Waals surface area contributed by atoms with Gasteiger partial charge in [0.25, 0.3) is 10.0 Å². The number of nitrogens with one attached hydrogen (secondary N) is 2. The molecule has 0 aliphatic carbocycles. The molecule has 0 unspecified atom stereocenters. The highest BCUT2D eigenvalue weighted by Crippen LogP contribution is 2.21. The number of aryl methyl sites for hydroxylation is 3. The van der Waals surface area contributed by atoms with E-state index in [1.165, 1.54) is 11.3 Å². The summed E-state index contributed by atoms with van der Waals surface area (Å²) in [5, 5.41) is 2.70. The average Bonchev–Trinajstić information content (AvgIpc) is 2.94. The van der Waals surface area contributed by atoms with Gasteiger partial charge in [-0.1, -0.05) is 13.0 Å². The van der Waals surface area contributed by atoms with Crippen LogP contribution in [0.3, 0.4) is 0 Å². The van der Waals surface area contributed by atoms with Gasteiger partial charge >= 0.3 is 0 Å². The maximum absolute atomic E-state index is 12.1. The van der Waals surface area contributed by atoms with E-state index in [4.69, 9.17) is 0 Å². The summed E-state index contributed by atoms with van der Waals surface area (Å²) < 4.78 is 26.9. The fraction of sp³-hybridized carbons (Fsp3) is 0.312. The second kappa shape index (κ2) is 7.25. The Bertz CT molecular complexity index is 790. The van der Waals surface area contributed by atoms with Gasteiger partial charge in [-0.05, 0) is 55.7 Å². The van der Waals surface area contributed by atoms with Gasteiger partial charge in [-0.15, -0.1) is 11.3 Å². The van der Waals surface area contributed by atoms with Crippen molar-refractivity contribution in [2.75, 3.05) is 11.9 Å². The van der Waals surface area contributed by atoms with Crippen LogP contribution in [-0.4, -0.2) is 20.9 Å². The van der Waals surface area contributed by atoms with Crippen molar-refractivity contribution >= 4 is 33.0 Å². The van der Waals surface area contributed by atoms with Gasteiger partial charge in [0, 0.05) is 10.6 Å². The van der Waals surface area contributed by atoms with Crippen LogP contribution in [0.25, 0.3) is 0 Å². The summed E-state index contributed by atoms with van der Waals surface area (Å²) in [6, 6.07) is 9.03. The minimum Gasteiger partial charge on any atom is -0.325 e. The van der Waals surface area contributed by atoms with Crippen molar-refractivity contribution in [1.29, 1.82) is 0 Å². The minimum absolute atomic E-state index is 0.230. The molecule has 0 aliphatic rings. The molecule has 5 nitrogen and oxygen atoms in total. The highest BCUT2D eigenvalue weighted by molar-refractivity contribution is 7.91. The number of sulfonamides is 1. The molecule has 0 saturated heterocycles. The molecule has 0 saturated carbocycles. The molecule has 0 fully saturated rings. The van der Waals surface area contributed by atoms with Crippen LogP contribution in [-0.2, 0) is 21.2 Å². The molecule has 0 spiro atoms. The lowest BCUT2D eigenvalue weighted by Crippen LogP contribution is -2.32. The second-order valence-electron chi connectivity index (χ2n) is 5.32. The summed E-state index contributed by atoms with van der Waals surface area (Å²) in [4.78, 5) is 12.9. The first-order valence-corrected chi connectivity index (χ1v) is 9.56. The Labute approximate surface area is 140 Å². The fourth-order valence-electron chi connectivity index (χ4n) is 2.18. The molecule has 2 N–H and O–H groups in total. The van der Waals surface area contributed by atoms with Crippen molar-refractivity contribution in [3.8, 4) is 0 Å². The van der Waals surface area contributed by atoms with Gasteiger partial charge in [-0.25, -0.2) is 13.1 Å². The van der Waals surface area contributed by atoms with E-state index in [1.54, 1.807) is 12.1 Å². The molecule has 7 heteroatoms. The molecule has 1 aromatic carbocycles. The van der Waals surface area contributed by atoms with Crippen LogP contribution in [0.4, 0.5) is 5.69 Å². The van der Waals surface area contributed by atoms with Gasteiger partial charge in [0.2, 0.25) is 5.91 Å². The lowest BCUT2D eigenvalue weighted by atomic mass is 10.1. The van der Waals surface area contributed by atoms with Crippen LogP contribution in [0.15, 0.2) is 34.5 Å². The second-order valence-corrected chi connectivity index (χ2v) is 8.49. The summed E-state index contributed by atoms with van der Waals surface area (Å²) in [5.74, 6) is -0.397. The number of benzene rings is 1. The maximum atomic E-state index is 12.1. The number of anilines is 1. The van der Waals surface area contributed by atoms with Crippen molar-refractivity contribution in [1.82, 2.24) is 4.72 Å². The van der Waals surface area contributed by atoms with Crippen LogP contribution >= 0.6 is 11.3 Å². The van der Waals surface area contributed by atoms with Crippen molar-refractivity contribution in [3.05, 3.63) is 46.3 Å². The monoisotopic (exact) mass is 352 g/mol. The number of thiophene rings is 1. The summed E-state index contributed by atoms with van der Waals surface area (Å²) in [6.07, 6.45) is 0.785. The lowest BCUT2D eigenvalue weighted by molar-refractivity contribution is -0.115. The molecule has 1 amide bonds. The average molecular weight is 352 g/mol. The summed E-state index contributed by atoms with van der Waals surface area (Å²) in [7, 11) is -3.65. The van der Waals surface area contributed by atoms with E-state index >= 15 is 0 Å². The number of hydrogen-bond acceptors (Lipinski definition) is 4. The highest BCUT2D eigenvalue weighted by atomic mass is 32.2. The van der Waals surface area contributed by atoms with E-state index in [0.29, 0.717) is 5.69 Å². The predicted molar refractivity (Wildman–Crippen MR) is 93.4 cm³/mol. The van der Waals surface area contributed by atoms with Gasteiger partial charge in [0.15, 0.2) is 0 Å². The molecule has 0 aliphatic heterocycles. The molecule has 124 valence electrons. The zero-order valence-electron chi connectivity index (χ0n) is 13.3. The molecule has 1 heterocycles. The van der Waals surface area contributed by atoms with E-state index < -0.39 is 15.9 Å². The van der Waals surface area contributed by atoms with E-state index in [9.17, 15) is 13.2 Å². The highest BCUT2D eigenvalue weighted by Gasteiger charge is 2.17. The standard InChI is InChI=1S/C16H20N2O3S2/c1-4-14-5-6-16(22-14)23(20,21)17-10-15(19)18-13-8-11(2)7-12(3)9-13/h5-9,17H,4,10H2,1-3H3,(H,18,19). The van der Waals surface area contributed by atoms with Gasteiger partial charge in [-0.3, -0.25) is 4.79 Å². The van der Waals surface area contributed by atoms with Gasteiger partial charge < -0.3 is 5.32 Å². The van der Waals surface area contributed by atoms with E-state index in [2.05, 4.69) is 10.0 Å². The van der Waals surface area contributed by atoms with Gasteiger partial charge in [0.1, 0.15) is 4.21 Å². The van der Waals surface area contributed by atoms with Crippen LogP contribution in [0.5, 0.6) is 0 Å². The molecular formula is C16H20N2O3S2. The third kappa shape index (κ3) is 4.89. The normalized spacial score (nSPS) is 11.4. The largest absolute Gasteiger partial charge is 0.325 e. The number of rotatable bonds is 6. The Hall–Kier alpha value is -1.70. The number of carbonyl (C=O) groups excluding carboxylic acids is 1. The van der Waals surface area contributed by atoms with Crippen molar-refractivity contribution < 1.29 is 13.2 Å². The van der Waals surface area contributed by atoms with Crippen LogP contribution in [0.2, 0.25) is 0 Å². The number of carbonyl (C=O) groups is 1. The molecule has 1 aromatic heterocycles. The third-order valence-corrected chi connectivity index (χ3v) is 6.30. The zero-order valence-corrected chi connectivity index (χ0v) is 15.0. The molecule has 0 bridgehead atoms. The van der Waals surface area contributed by atoms with Crippen molar-refractivity contribution in [3.63, 3.8) is 0 Å². The van der Waals surface area contributed by atoms with Crippen molar-refractivity contribution in [2.45, 2.75) is 31.4 Å². The Morgan fingerprint density at radius 2 is 1.78 bits per heavy atom. The lowest BCUT2D eigenvalue weighted by Gasteiger charge is -2.08. The first-order valence-electron chi connectivity index (χ1n) is 7.26. The summed E-state index contributed by atoms with van der Waals surface area (Å²) >= 11 is 1.22. The Morgan fingerprint density at radius 1 is 1.13 bits per heavy atom. The smallest absolute Gasteiger partial charge is 0.250 e. The zero-order chi connectivity index (χ0) is 17.0. The topological polar surface area (TPSA) is 75.3 Å². The molecule has 0 radical (unpaired) electrons. The van der Waals surface area contributed by atoms with Gasteiger partial charge in [0.05, 0.1) is 6.54 Å². The van der Waals surface area contributed by atoms with Crippen molar-refractivity contribution in [2.24, 2.45) is 0 Å². The summed E-state index contributed by atoms with van der Waals surface area (Å²) in [6.45, 7) is 5.54. The third-order valence-electron chi connectivity index (χ3n) is 3.18. The fourth-order valence-corrected chi connectivity index (χ4v) is 4.50. The Morgan fingerprint density at radius 3 is 2.35 bits per heavy atom. The molecule has 2 rings (SSSR count). The molecular weight excluding hydrogens is 332 g/mol. The molecule has 0 atom stereocenters. The number of amides is 1. The first-order chi connectivity index (χ1) is 10.8. The molecule has 23 heavy (non-hydrogen) atoms. The maximum Gasteiger partial charge on any atom is 0.250 e. The minimum atomic E-state index is -3.65. The predicted octanol–water partition coefficient (Wildman–Crippen LogP) is 2.84. The van der Waals surface area contributed by atoms with E-state index in [0.717, 1.165) is 22.4 Å². The van der Waals surface area contributed by atoms with Crippen LogP contribution < -0.4 is 10.0 Å². The number of hydrogen-bond donors (Lipinski definition) is 2. The first kappa shape index (κ1) is 17.7. The van der Waals surface area contributed by atoms with Crippen LogP contribution in [0.1, 0.15) is 22.9 Å². The van der Waals surface area contributed by atoms with E-state index in [-0.39, 0.29) is 10.8 Å². The molecule has 2 aromatic rings. The Kier molecular flexibility index (Phi) is 5.56. The summed E-state index contributed by atoms with van der Waals surface area (Å²) in [5.41, 5.74) is 2.73. The van der Waals surface area contributed by atoms with E-state index in [1.807, 2.05) is 39.0 Å². The van der Waals surface area contributed by atoms with Gasteiger partial charge in [-0.2, -0.15) is 0 Å². The quantitative estimate of drug-likeness (QED) is 0.839.